The number of hydrogen-bond donors (Lipinski definition) is 1. The Morgan fingerprint density at radius 2 is 2.05 bits per heavy atom. The van der Waals surface area contributed by atoms with Crippen molar-refractivity contribution in [2.75, 3.05) is 0 Å². The number of carbonyl (C=O) groups is 1. The molecule has 2 aromatic rings. The zero-order valence-electron chi connectivity index (χ0n) is 11.0. The highest BCUT2D eigenvalue weighted by Crippen LogP contribution is 2.27. The molecule has 0 spiro atoms. The summed E-state index contributed by atoms with van der Waals surface area (Å²) in [5, 5.41) is 9.23. The molecule has 2 rings (SSSR count). The molecule has 0 saturated carbocycles. The Morgan fingerprint density at radius 1 is 1.32 bits per heavy atom. The first kappa shape index (κ1) is 13.9. The van der Waals surface area contributed by atoms with Crippen molar-refractivity contribution in [2.24, 2.45) is 0 Å². The van der Waals surface area contributed by atoms with Crippen LogP contribution in [0.15, 0.2) is 34.8 Å². The van der Waals surface area contributed by atoms with Crippen molar-refractivity contribution in [1.82, 2.24) is 4.57 Å². The zero-order valence-corrected chi connectivity index (χ0v) is 12.6. The molecule has 0 radical (unpaired) electrons. The fraction of sp³-hybridized carbons (Fsp3) is 0.267. The van der Waals surface area contributed by atoms with Crippen LogP contribution < -0.4 is 0 Å². The van der Waals surface area contributed by atoms with Gasteiger partial charge in [0.2, 0.25) is 0 Å². The average Bonchev–Trinajstić information content (AvgIpc) is 2.72. The standard InChI is InChI=1S/C15H16BrNO2/c1-3-6-17-13(4-5-14(17)15(18)19)11-7-10(2)8-12(16)9-11/h4-5,7-9H,3,6H2,1-2H3,(H,18,19). The van der Waals surface area contributed by atoms with Crippen molar-refractivity contribution >= 4 is 21.9 Å². The molecule has 0 aliphatic rings. The molecule has 1 heterocycles. The van der Waals surface area contributed by atoms with Crippen LogP contribution in [-0.2, 0) is 6.54 Å². The highest BCUT2D eigenvalue weighted by atomic mass is 79.9. The Kier molecular flexibility index (Phi) is 4.10. The van der Waals surface area contributed by atoms with Gasteiger partial charge in [0.1, 0.15) is 5.69 Å². The highest BCUT2D eigenvalue weighted by Gasteiger charge is 2.14. The first-order valence-electron chi connectivity index (χ1n) is 6.23. The van der Waals surface area contributed by atoms with Crippen molar-refractivity contribution in [3.8, 4) is 11.3 Å². The Labute approximate surface area is 121 Å². The Hall–Kier alpha value is -1.55. The van der Waals surface area contributed by atoms with Crippen LogP contribution in [-0.4, -0.2) is 15.6 Å². The predicted octanol–water partition coefficient (Wildman–Crippen LogP) is 4.33. The molecule has 1 N–H and O–H groups in total. The maximum Gasteiger partial charge on any atom is 0.352 e. The Balaban J connectivity index is 2.58. The van der Waals surface area contributed by atoms with Gasteiger partial charge in [0, 0.05) is 16.7 Å². The van der Waals surface area contributed by atoms with E-state index in [0.29, 0.717) is 12.2 Å². The normalized spacial score (nSPS) is 10.7. The van der Waals surface area contributed by atoms with E-state index in [1.807, 2.05) is 36.6 Å². The third kappa shape index (κ3) is 2.89. The van der Waals surface area contributed by atoms with Gasteiger partial charge in [-0.1, -0.05) is 22.9 Å². The molecule has 0 saturated heterocycles. The minimum absolute atomic E-state index is 0.342. The molecule has 0 aliphatic carbocycles. The average molecular weight is 322 g/mol. The lowest BCUT2D eigenvalue weighted by Gasteiger charge is -2.11. The first-order valence-corrected chi connectivity index (χ1v) is 7.02. The van der Waals surface area contributed by atoms with E-state index in [4.69, 9.17) is 0 Å². The highest BCUT2D eigenvalue weighted by molar-refractivity contribution is 9.10. The van der Waals surface area contributed by atoms with E-state index in [-0.39, 0.29) is 0 Å². The summed E-state index contributed by atoms with van der Waals surface area (Å²) in [6.45, 7) is 4.77. The summed E-state index contributed by atoms with van der Waals surface area (Å²) < 4.78 is 2.87. The van der Waals surface area contributed by atoms with E-state index in [9.17, 15) is 9.90 Å². The third-order valence-corrected chi connectivity index (χ3v) is 3.44. The summed E-state index contributed by atoms with van der Waals surface area (Å²) in [7, 11) is 0. The topological polar surface area (TPSA) is 42.2 Å². The molecule has 0 unspecified atom stereocenters. The fourth-order valence-corrected chi connectivity index (χ4v) is 2.86. The van der Waals surface area contributed by atoms with Gasteiger partial charge in [0.25, 0.3) is 0 Å². The summed E-state index contributed by atoms with van der Waals surface area (Å²) in [5.41, 5.74) is 3.47. The number of nitrogens with zero attached hydrogens (tertiary/aromatic N) is 1. The molecule has 0 fully saturated rings. The van der Waals surface area contributed by atoms with Crippen molar-refractivity contribution in [2.45, 2.75) is 26.8 Å². The number of carboxylic acids is 1. The van der Waals surface area contributed by atoms with Gasteiger partial charge < -0.3 is 9.67 Å². The maximum absolute atomic E-state index is 11.2. The number of rotatable bonds is 4. The van der Waals surface area contributed by atoms with Crippen molar-refractivity contribution < 1.29 is 9.90 Å². The number of carboxylic acid groups (broad SMARTS) is 1. The molecule has 4 heteroatoms. The zero-order chi connectivity index (χ0) is 14.0. The van der Waals surface area contributed by atoms with Crippen molar-refractivity contribution in [3.63, 3.8) is 0 Å². The summed E-state index contributed by atoms with van der Waals surface area (Å²) >= 11 is 3.48. The number of halogens is 1. The maximum atomic E-state index is 11.2. The molecule has 0 atom stereocenters. The molecule has 0 amide bonds. The van der Waals surface area contributed by atoms with Crippen LogP contribution in [0.4, 0.5) is 0 Å². The van der Waals surface area contributed by atoms with E-state index in [2.05, 4.69) is 22.0 Å². The van der Waals surface area contributed by atoms with Crippen molar-refractivity contribution in [3.05, 3.63) is 46.1 Å². The second-order valence-electron chi connectivity index (χ2n) is 4.58. The van der Waals surface area contributed by atoms with E-state index in [1.165, 1.54) is 0 Å². The van der Waals surface area contributed by atoms with E-state index in [1.54, 1.807) is 6.07 Å². The number of aromatic carboxylic acids is 1. The van der Waals surface area contributed by atoms with Gasteiger partial charge in [0.15, 0.2) is 0 Å². The smallest absolute Gasteiger partial charge is 0.352 e. The summed E-state index contributed by atoms with van der Waals surface area (Å²) in [5.74, 6) is -0.883. The lowest BCUT2D eigenvalue weighted by Crippen LogP contribution is -2.09. The van der Waals surface area contributed by atoms with E-state index < -0.39 is 5.97 Å². The van der Waals surface area contributed by atoms with Crippen LogP contribution >= 0.6 is 15.9 Å². The second kappa shape index (κ2) is 5.61. The first-order chi connectivity index (χ1) is 9.02. The molecular weight excluding hydrogens is 306 g/mol. The van der Waals surface area contributed by atoms with Crippen LogP contribution in [0.5, 0.6) is 0 Å². The minimum Gasteiger partial charge on any atom is -0.477 e. The van der Waals surface area contributed by atoms with Crippen LogP contribution in [0.2, 0.25) is 0 Å². The molecule has 1 aromatic carbocycles. The van der Waals surface area contributed by atoms with Gasteiger partial charge in [-0.2, -0.15) is 0 Å². The second-order valence-corrected chi connectivity index (χ2v) is 5.49. The van der Waals surface area contributed by atoms with Gasteiger partial charge in [-0.05, 0) is 54.8 Å². The fourth-order valence-electron chi connectivity index (χ4n) is 2.26. The van der Waals surface area contributed by atoms with Crippen molar-refractivity contribution in [1.29, 1.82) is 0 Å². The number of aromatic nitrogens is 1. The van der Waals surface area contributed by atoms with Crippen LogP contribution in [0.1, 0.15) is 29.4 Å². The number of aryl methyl sites for hydroxylation is 1. The SMILES string of the molecule is CCCn1c(C(=O)O)ccc1-c1cc(C)cc(Br)c1. The van der Waals surface area contributed by atoms with E-state index >= 15 is 0 Å². The van der Waals surface area contributed by atoms with E-state index in [0.717, 1.165) is 27.7 Å². The molecule has 100 valence electrons. The van der Waals surface area contributed by atoms with Crippen LogP contribution in [0.3, 0.4) is 0 Å². The van der Waals surface area contributed by atoms with Gasteiger partial charge in [0.05, 0.1) is 0 Å². The predicted molar refractivity (Wildman–Crippen MR) is 79.6 cm³/mol. The largest absolute Gasteiger partial charge is 0.477 e. The van der Waals surface area contributed by atoms with Crippen LogP contribution in [0.25, 0.3) is 11.3 Å². The lowest BCUT2D eigenvalue weighted by atomic mass is 10.1. The molecule has 0 aliphatic heterocycles. The quantitative estimate of drug-likeness (QED) is 0.910. The monoisotopic (exact) mass is 321 g/mol. The third-order valence-electron chi connectivity index (χ3n) is 2.98. The Bertz CT molecular complexity index is 596. The van der Waals surface area contributed by atoms with Crippen LogP contribution in [0, 0.1) is 6.92 Å². The molecule has 19 heavy (non-hydrogen) atoms. The summed E-state index contributed by atoms with van der Waals surface area (Å²) in [4.78, 5) is 11.2. The Morgan fingerprint density at radius 3 is 2.63 bits per heavy atom. The summed E-state index contributed by atoms with van der Waals surface area (Å²) in [6, 6.07) is 9.66. The number of benzene rings is 1. The van der Waals surface area contributed by atoms with Gasteiger partial charge >= 0.3 is 5.97 Å². The molecule has 0 bridgehead atoms. The molecule has 3 nitrogen and oxygen atoms in total. The van der Waals surface area contributed by atoms with Gasteiger partial charge in [-0.25, -0.2) is 4.79 Å². The minimum atomic E-state index is -0.883. The van der Waals surface area contributed by atoms with Gasteiger partial charge in [-0.3, -0.25) is 0 Å². The molecule has 1 aromatic heterocycles. The molecular formula is C15H16BrNO2. The summed E-state index contributed by atoms with van der Waals surface area (Å²) in [6.07, 6.45) is 0.898. The number of hydrogen-bond acceptors (Lipinski definition) is 1. The lowest BCUT2D eigenvalue weighted by molar-refractivity contribution is 0.0685. The van der Waals surface area contributed by atoms with Gasteiger partial charge in [-0.15, -0.1) is 0 Å².